The summed E-state index contributed by atoms with van der Waals surface area (Å²) >= 11 is 7.52. The van der Waals surface area contributed by atoms with E-state index in [0.29, 0.717) is 5.02 Å². The van der Waals surface area contributed by atoms with Crippen molar-refractivity contribution in [1.82, 2.24) is 10.2 Å². The Kier molecular flexibility index (Phi) is 4.02. The van der Waals surface area contributed by atoms with Crippen LogP contribution in [0.1, 0.15) is 0 Å². The summed E-state index contributed by atoms with van der Waals surface area (Å²) in [5.74, 6) is 0.817. The zero-order valence-corrected chi connectivity index (χ0v) is 10.9. The Morgan fingerprint density at radius 2 is 2.35 bits per heavy atom. The first-order valence-electron chi connectivity index (χ1n) is 5.37. The molecule has 0 radical (unpaired) electrons. The monoisotopic (exact) mass is 271 g/mol. The van der Waals surface area contributed by atoms with Gasteiger partial charge in [-0.05, 0) is 18.2 Å². The normalized spacial score (nSPS) is 15.1. The van der Waals surface area contributed by atoms with Crippen molar-refractivity contribution in [3.05, 3.63) is 23.2 Å². The molecule has 92 valence electrons. The van der Waals surface area contributed by atoms with Crippen LogP contribution in [0.3, 0.4) is 0 Å². The molecule has 1 aromatic carbocycles. The van der Waals surface area contributed by atoms with E-state index in [1.165, 1.54) is 0 Å². The lowest BCUT2D eigenvalue weighted by Crippen LogP contribution is -2.30. The predicted octanol–water partition coefficient (Wildman–Crippen LogP) is 2.04. The van der Waals surface area contributed by atoms with Gasteiger partial charge in [-0.2, -0.15) is 0 Å². The topological polar surface area (TPSA) is 58.4 Å². The van der Waals surface area contributed by atoms with E-state index in [1.54, 1.807) is 28.8 Å². The lowest BCUT2D eigenvalue weighted by molar-refractivity contribution is 0.220. The second kappa shape index (κ2) is 5.51. The van der Waals surface area contributed by atoms with E-state index in [0.717, 1.165) is 36.0 Å². The molecule has 17 heavy (non-hydrogen) atoms. The third kappa shape index (κ3) is 3.20. The number of nitrogens with two attached hydrogens (primary N) is 1. The number of nitrogens with one attached hydrogen (secondary N) is 1. The first-order chi connectivity index (χ1) is 8.16. The van der Waals surface area contributed by atoms with Crippen LogP contribution in [0.5, 0.6) is 0 Å². The van der Waals surface area contributed by atoms with Gasteiger partial charge in [-0.15, -0.1) is 11.8 Å². The molecule has 2 amide bonds. The molecular weight excluding hydrogens is 258 g/mol. The number of thioether (sulfide) groups is 1. The van der Waals surface area contributed by atoms with Crippen molar-refractivity contribution < 1.29 is 4.79 Å². The summed E-state index contributed by atoms with van der Waals surface area (Å²) in [6, 6.07) is 5.44. The molecule has 3 N–H and O–H groups in total. The van der Waals surface area contributed by atoms with Crippen molar-refractivity contribution in [2.45, 2.75) is 4.90 Å². The molecule has 6 heteroatoms. The zero-order valence-electron chi connectivity index (χ0n) is 9.28. The highest BCUT2D eigenvalue weighted by atomic mass is 35.5. The number of nitrogen functional groups attached to an aromatic ring is 1. The molecule has 1 fully saturated rings. The van der Waals surface area contributed by atoms with Crippen molar-refractivity contribution in [2.75, 3.05) is 31.1 Å². The Morgan fingerprint density at radius 3 is 3.06 bits per heavy atom. The minimum atomic E-state index is 0.0182. The van der Waals surface area contributed by atoms with E-state index in [1.807, 2.05) is 6.07 Å². The number of rotatable bonds is 4. The molecule has 0 atom stereocenters. The van der Waals surface area contributed by atoms with Gasteiger partial charge in [0.2, 0.25) is 0 Å². The van der Waals surface area contributed by atoms with Gasteiger partial charge < -0.3 is 16.0 Å². The molecule has 0 saturated carbocycles. The number of hydrogen-bond donors (Lipinski definition) is 2. The molecule has 1 saturated heterocycles. The number of carbonyl (C=O) groups excluding carboxylic acids is 1. The molecule has 0 unspecified atom stereocenters. The highest BCUT2D eigenvalue weighted by Crippen LogP contribution is 2.27. The Bertz CT molecular complexity index is 427. The van der Waals surface area contributed by atoms with Gasteiger partial charge in [0.05, 0.1) is 0 Å². The number of amides is 2. The molecule has 1 heterocycles. The van der Waals surface area contributed by atoms with E-state index in [2.05, 4.69) is 5.32 Å². The Labute approximate surface area is 109 Å². The molecule has 0 bridgehead atoms. The summed E-state index contributed by atoms with van der Waals surface area (Å²) in [5, 5.41) is 3.45. The maximum atomic E-state index is 11.3. The highest BCUT2D eigenvalue weighted by Gasteiger charge is 2.18. The van der Waals surface area contributed by atoms with Gasteiger partial charge in [0.25, 0.3) is 0 Å². The number of benzene rings is 1. The van der Waals surface area contributed by atoms with Gasteiger partial charge in [-0.1, -0.05) is 11.6 Å². The number of carbonyl (C=O) groups is 1. The molecule has 0 aromatic heterocycles. The van der Waals surface area contributed by atoms with E-state index < -0.39 is 0 Å². The first-order valence-corrected chi connectivity index (χ1v) is 6.74. The van der Waals surface area contributed by atoms with Crippen LogP contribution in [0.2, 0.25) is 5.02 Å². The van der Waals surface area contributed by atoms with Crippen molar-refractivity contribution in [1.29, 1.82) is 0 Å². The summed E-state index contributed by atoms with van der Waals surface area (Å²) < 4.78 is 0. The SMILES string of the molecule is Nc1ccc(Cl)cc1SCCN1CCNC1=O. The van der Waals surface area contributed by atoms with Gasteiger partial charge >= 0.3 is 6.03 Å². The molecule has 1 aromatic rings. The van der Waals surface area contributed by atoms with E-state index in [9.17, 15) is 4.79 Å². The number of hydrogen-bond acceptors (Lipinski definition) is 3. The predicted molar refractivity (Wildman–Crippen MR) is 71.6 cm³/mol. The lowest BCUT2D eigenvalue weighted by atomic mass is 10.3. The maximum absolute atomic E-state index is 11.3. The van der Waals surface area contributed by atoms with Crippen LogP contribution in [-0.4, -0.2) is 36.3 Å². The van der Waals surface area contributed by atoms with Crippen LogP contribution >= 0.6 is 23.4 Å². The summed E-state index contributed by atoms with van der Waals surface area (Å²) in [6.45, 7) is 2.25. The minimum Gasteiger partial charge on any atom is -0.398 e. The molecule has 0 spiro atoms. The van der Waals surface area contributed by atoms with Gasteiger partial charge in [-0.25, -0.2) is 4.79 Å². The van der Waals surface area contributed by atoms with Crippen LogP contribution in [-0.2, 0) is 0 Å². The second-order valence-corrected chi connectivity index (χ2v) is 5.32. The van der Waals surface area contributed by atoms with Crippen molar-refractivity contribution in [3.63, 3.8) is 0 Å². The van der Waals surface area contributed by atoms with Crippen LogP contribution < -0.4 is 11.1 Å². The van der Waals surface area contributed by atoms with Crippen molar-refractivity contribution in [2.24, 2.45) is 0 Å². The number of nitrogens with zero attached hydrogens (tertiary/aromatic N) is 1. The summed E-state index contributed by atoms with van der Waals surface area (Å²) in [7, 11) is 0. The van der Waals surface area contributed by atoms with Gasteiger partial charge in [-0.3, -0.25) is 0 Å². The average Bonchev–Trinajstić information content (AvgIpc) is 2.70. The first kappa shape index (κ1) is 12.4. The highest BCUT2D eigenvalue weighted by molar-refractivity contribution is 7.99. The van der Waals surface area contributed by atoms with E-state index in [4.69, 9.17) is 17.3 Å². The molecule has 2 rings (SSSR count). The number of halogens is 1. The molecule has 1 aliphatic rings. The molecular formula is C11H14ClN3OS. The Morgan fingerprint density at radius 1 is 1.53 bits per heavy atom. The van der Waals surface area contributed by atoms with Crippen LogP contribution in [0.4, 0.5) is 10.5 Å². The molecule has 4 nitrogen and oxygen atoms in total. The van der Waals surface area contributed by atoms with Crippen LogP contribution in [0.15, 0.2) is 23.1 Å². The third-order valence-electron chi connectivity index (χ3n) is 2.54. The van der Waals surface area contributed by atoms with Crippen LogP contribution in [0.25, 0.3) is 0 Å². The summed E-state index contributed by atoms with van der Waals surface area (Å²) in [5.41, 5.74) is 6.57. The Balaban J connectivity index is 1.85. The standard InChI is InChI=1S/C11H14ClN3OS/c12-8-1-2-9(13)10(7-8)17-6-5-15-4-3-14-11(15)16/h1-2,7H,3-6,13H2,(H,14,16). The molecule has 0 aliphatic carbocycles. The fourth-order valence-electron chi connectivity index (χ4n) is 1.62. The maximum Gasteiger partial charge on any atom is 0.317 e. The van der Waals surface area contributed by atoms with Gasteiger partial charge in [0, 0.05) is 41.0 Å². The minimum absolute atomic E-state index is 0.0182. The van der Waals surface area contributed by atoms with E-state index >= 15 is 0 Å². The van der Waals surface area contributed by atoms with E-state index in [-0.39, 0.29) is 6.03 Å². The molecule has 1 aliphatic heterocycles. The van der Waals surface area contributed by atoms with Crippen molar-refractivity contribution >= 4 is 35.1 Å². The van der Waals surface area contributed by atoms with Crippen LogP contribution in [0, 0.1) is 0 Å². The summed E-state index contributed by atoms with van der Waals surface area (Å²) in [6.07, 6.45) is 0. The van der Waals surface area contributed by atoms with Gasteiger partial charge in [0.1, 0.15) is 0 Å². The second-order valence-electron chi connectivity index (χ2n) is 3.75. The quantitative estimate of drug-likeness (QED) is 0.651. The average molecular weight is 272 g/mol. The zero-order chi connectivity index (χ0) is 12.3. The third-order valence-corrected chi connectivity index (χ3v) is 3.83. The number of anilines is 1. The van der Waals surface area contributed by atoms with Crippen molar-refractivity contribution in [3.8, 4) is 0 Å². The largest absolute Gasteiger partial charge is 0.398 e. The fourth-order valence-corrected chi connectivity index (χ4v) is 2.84. The van der Waals surface area contributed by atoms with Gasteiger partial charge in [0.15, 0.2) is 0 Å². The Hall–Kier alpha value is -1.07. The summed E-state index contributed by atoms with van der Waals surface area (Å²) in [4.78, 5) is 14.1. The number of urea groups is 1. The smallest absolute Gasteiger partial charge is 0.317 e. The fraction of sp³-hybridized carbons (Fsp3) is 0.364. The lowest BCUT2D eigenvalue weighted by Gasteiger charge is -2.13.